The summed E-state index contributed by atoms with van der Waals surface area (Å²) < 4.78 is 0. The smallest absolute Gasteiger partial charge is 0.337 e. The second kappa shape index (κ2) is 2.57. The third-order valence-corrected chi connectivity index (χ3v) is 2.48. The summed E-state index contributed by atoms with van der Waals surface area (Å²) in [4.78, 5) is 15.5. The summed E-state index contributed by atoms with van der Waals surface area (Å²) >= 11 is 1.35. The summed E-state index contributed by atoms with van der Waals surface area (Å²) in [6.45, 7) is 0. The van der Waals surface area contributed by atoms with E-state index >= 15 is 0 Å². The molecule has 1 N–H and O–H groups in total. The summed E-state index contributed by atoms with van der Waals surface area (Å²) in [6.07, 6.45) is 1.66. The van der Waals surface area contributed by atoms with Crippen LogP contribution in [-0.2, 0) is 0 Å². The third kappa shape index (κ3) is 0.967. The van der Waals surface area contributed by atoms with Crippen molar-refractivity contribution < 1.29 is 9.90 Å². The molecule has 3 nitrogen and oxygen atoms in total. The van der Waals surface area contributed by atoms with Crippen molar-refractivity contribution in [1.29, 1.82) is 0 Å². The van der Waals surface area contributed by atoms with Crippen LogP contribution in [0.2, 0.25) is 0 Å². The van der Waals surface area contributed by atoms with Gasteiger partial charge in [0.25, 0.3) is 0 Å². The Kier molecular flexibility index (Phi) is 1.55. The first-order chi connectivity index (χ1) is 5.79. The molecule has 0 atom stereocenters. The zero-order chi connectivity index (χ0) is 8.55. The third-order valence-electron chi connectivity index (χ3n) is 1.58. The molecule has 0 aromatic carbocycles. The topological polar surface area (TPSA) is 50.2 Å². The Morgan fingerprint density at radius 3 is 3.17 bits per heavy atom. The Morgan fingerprint density at radius 2 is 2.42 bits per heavy atom. The Labute approximate surface area is 72.3 Å². The molecule has 0 saturated carbocycles. The van der Waals surface area contributed by atoms with E-state index in [0.717, 1.165) is 10.2 Å². The highest BCUT2D eigenvalue weighted by molar-refractivity contribution is 7.17. The minimum absolute atomic E-state index is 0.336. The highest BCUT2D eigenvalue weighted by Gasteiger charge is 2.09. The average molecular weight is 179 g/mol. The van der Waals surface area contributed by atoms with Crippen LogP contribution in [0, 0.1) is 0 Å². The Morgan fingerprint density at radius 1 is 1.58 bits per heavy atom. The molecule has 0 amide bonds. The average Bonchev–Trinajstić information content (AvgIpc) is 2.47. The van der Waals surface area contributed by atoms with E-state index in [9.17, 15) is 4.79 Å². The maximum atomic E-state index is 10.7. The predicted molar refractivity (Wildman–Crippen MR) is 46.6 cm³/mol. The Bertz CT molecular complexity index is 435. The van der Waals surface area contributed by atoms with E-state index in [1.54, 1.807) is 23.7 Å². The van der Waals surface area contributed by atoms with Gasteiger partial charge in [-0.2, -0.15) is 0 Å². The van der Waals surface area contributed by atoms with Gasteiger partial charge in [0.1, 0.15) is 4.83 Å². The molecule has 2 heterocycles. The second-order valence-corrected chi connectivity index (χ2v) is 3.17. The predicted octanol–water partition coefficient (Wildman–Crippen LogP) is 1.99. The van der Waals surface area contributed by atoms with Gasteiger partial charge in [0.05, 0.1) is 5.56 Å². The zero-order valence-corrected chi connectivity index (χ0v) is 6.84. The first kappa shape index (κ1) is 7.24. The van der Waals surface area contributed by atoms with Gasteiger partial charge in [-0.05, 0) is 12.1 Å². The number of nitrogens with zero attached hydrogens (tertiary/aromatic N) is 1. The number of aromatic nitrogens is 1. The molecule has 0 spiro atoms. The van der Waals surface area contributed by atoms with Gasteiger partial charge < -0.3 is 5.11 Å². The highest BCUT2D eigenvalue weighted by atomic mass is 32.1. The lowest BCUT2D eigenvalue weighted by Crippen LogP contribution is -1.93. The van der Waals surface area contributed by atoms with E-state index < -0.39 is 5.97 Å². The van der Waals surface area contributed by atoms with Gasteiger partial charge in [0.2, 0.25) is 0 Å². The SMILES string of the molecule is O=C(O)c1csc2ncccc12. The highest BCUT2D eigenvalue weighted by Crippen LogP contribution is 2.23. The second-order valence-electron chi connectivity index (χ2n) is 2.31. The number of aromatic carboxylic acids is 1. The number of hydrogen-bond donors (Lipinski definition) is 1. The molecule has 0 bridgehead atoms. The zero-order valence-electron chi connectivity index (χ0n) is 6.02. The van der Waals surface area contributed by atoms with E-state index in [2.05, 4.69) is 4.98 Å². The van der Waals surface area contributed by atoms with Gasteiger partial charge >= 0.3 is 5.97 Å². The molecule has 12 heavy (non-hydrogen) atoms. The molecule has 2 aromatic rings. The lowest BCUT2D eigenvalue weighted by molar-refractivity contribution is 0.0699. The van der Waals surface area contributed by atoms with Crippen molar-refractivity contribution in [2.45, 2.75) is 0 Å². The van der Waals surface area contributed by atoms with Crippen LogP contribution in [0.5, 0.6) is 0 Å². The van der Waals surface area contributed by atoms with E-state index in [-0.39, 0.29) is 0 Å². The molecule has 2 rings (SSSR count). The van der Waals surface area contributed by atoms with Crippen molar-refractivity contribution in [3.63, 3.8) is 0 Å². The maximum Gasteiger partial charge on any atom is 0.337 e. The summed E-state index contributed by atoms with van der Waals surface area (Å²) in [5.41, 5.74) is 0.336. The summed E-state index contributed by atoms with van der Waals surface area (Å²) in [6, 6.07) is 3.50. The first-order valence-corrected chi connectivity index (χ1v) is 4.22. The molecule has 0 aliphatic carbocycles. The lowest BCUT2D eigenvalue weighted by atomic mass is 10.2. The van der Waals surface area contributed by atoms with Gasteiger partial charge in [-0.1, -0.05) is 0 Å². The van der Waals surface area contributed by atoms with Gasteiger partial charge in [0, 0.05) is 17.0 Å². The molecule has 2 aromatic heterocycles. The quantitative estimate of drug-likeness (QED) is 0.728. The van der Waals surface area contributed by atoms with E-state index in [0.29, 0.717) is 5.56 Å². The molecule has 0 aliphatic heterocycles. The summed E-state index contributed by atoms with van der Waals surface area (Å²) in [5, 5.41) is 11.1. The van der Waals surface area contributed by atoms with Crippen LogP contribution in [-0.4, -0.2) is 16.1 Å². The van der Waals surface area contributed by atoms with Gasteiger partial charge in [0.15, 0.2) is 0 Å². The van der Waals surface area contributed by atoms with E-state index in [4.69, 9.17) is 5.11 Å². The van der Waals surface area contributed by atoms with Gasteiger partial charge in [-0.25, -0.2) is 9.78 Å². The van der Waals surface area contributed by atoms with E-state index in [1.165, 1.54) is 11.3 Å². The number of rotatable bonds is 1. The Balaban J connectivity index is 2.79. The Hall–Kier alpha value is -1.42. The van der Waals surface area contributed by atoms with Crippen LogP contribution in [0.15, 0.2) is 23.7 Å². The monoisotopic (exact) mass is 179 g/mol. The molecular formula is C8H5NO2S. The fourth-order valence-corrected chi connectivity index (χ4v) is 1.92. The van der Waals surface area contributed by atoms with Crippen LogP contribution >= 0.6 is 11.3 Å². The molecule has 0 radical (unpaired) electrons. The maximum absolute atomic E-state index is 10.7. The van der Waals surface area contributed by atoms with Crippen molar-refractivity contribution in [1.82, 2.24) is 4.98 Å². The number of fused-ring (bicyclic) bond motifs is 1. The number of carboxylic acids is 1. The summed E-state index contributed by atoms with van der Waals surface area (Å²) in [7, 11) is 0. The molecule has 0 unspecified atom stereocenters. The number of carbonyl (C=O) groups is 1. The van der Waals surface area contributed by atoms with Crippen LogP contribution in [0.3, 0.4) is 0 Å². The summed E-state index contributed by atoms with van der Waals surface area (Å²) in [5.74, 6) is -0.894. The van der Waals surface area contributed by atoms with Crippen LogP contribution < -0.4 is 0 Å². The van der Waals surface area contributed by atoms with Gasteiger partial charge in [-0.15, -0.1) is 11.3 Å². The molecule has 0 aliphatic rings. The van der Waals surface area contributed by atoms with Crippen molar-refractivity contribution in [2.75, 3.05) is 0 Å². The lowest BCUT2D eigenvalue weighted by Gasteiger charge is -1.89. The molecule has 0 fully saturated rings. The number of carboxylic acid groups (broad SMARTS) is 1. The number of thiophene rings is 1. The molecule has 60 valence electrons. The minimum atomic E-state index is -0.894. The van der Waals surface area contributed by atoms with Crippen molar-refractivity contribution in [2.24, 2.45) is 0 Å². The van der Waals surface area contributed by atoms with Crippen LogP contribution in [0.1, 0.15) is 10.4 Å². The minimum Gasteiger partial charge on any atom is -0.478 e. The van der Waals surface area contributed by atoms with Gasteiger partial charge in [-0.3, -0.25) is 0 Å². The van der Waals surface area contributed by atoms with Crippen LogP contribution in [0.4, 0.5) is 0 Å². The van der Waals surface area contributed by atoms with Crippen molar-refractivity contribution in [3.05, 3.63) is 29.3 Å². The number of pyridine rings is 1. The fourth-order valence-electron chi connectivity index (χ4n) is 1.03. The first-order valence-electron chi connectivity index (χ1n) is 3.34. The van der Waals surface area contributed by atoms with Crippen molar-refractivity contribution >= 4 is 27.5 Å². The van der Waals surface area contributed by atoms with Crippen molar-refractivity contribution in [3.8, 4) is 0 Å². The molecular weight excluding hydrogens is 174 g/mol. The largest absolute Gasteiger partial charge is 0.478 e. The normalized spacial score (nSPS) is 10.3. The number of hydrogen-bond acceptors (Lipinski definition) is 3. The fraction of sp³-hybridized carbons (Fsp3) is 0. The molecule has 0 saturated heterocycles. The standard InChI is InChI=1S/C8H5NO2S/c10-8(11)6-4-12-7-5(6)2-1-3-9-7/h1-4H,(H,10,11). The van der Waals surface area contributed by atoms with Crippen LogP contribution in [0.25, 0.3) is 10.2 Å². The molecule has 4 heteroatoms. The van der Waals surface area contributed by atoms with E-state index in [1.807, 2.05) is 0 Å².